The summed E-state index contributed by atoms with van der Waals surface area (Å²) in [6.07, 6.45) is -4.45. The number of nitrogens with two attached hydrogens (primary N) is 1. The minimum atomic E-state index is -4.45. The SMILES string of the molecule is NCC#Cc1ccccc1NC(=O)COCC(F)(F)F. The molecule has 0 unspecified atom stereocenters. The Morgan fingerprint density at radius 3 is 2.70 bits per heavy atom. The maximum atomic E-state index is 11.8. The molecule has 1 rings (SSSR count). The highest BCUT2D eigenvalue weighted by atomic mass is 19.4. The number of benzene rings is 1. The molecule has 0 atom stereocenters. The molecule has 0 aromatic heterocycles. The molecular weight excluding hydrogens is 273 g/mol. The number of alkyl halides is 3. The second kappa shape index (κ2) is 7.53. The number of hydrogen-bond acceptors (Lipinski definition) is 3. The van der Waals surface area contributed by atoms with Gasteiger partial charge in [-0.3, -0.25) is 4.79 Å². The van der Waals surface area contributed by atoms with Crippen LogP contribution in [0.5, 0.6) is 0 Å². The lowest BCUT2D eigenvalue weighted by atomic mass is 10.2. The largest absolute Gasteiger partial charge is 0.411 e. The third-order valence-corrected chi connectivity index (χ3v) is 2.03. The summed E-state index contributed by atoms with van der Waals surface area (Å²) in [4.78, 5) is 11.4. The number of amides is 1. The van der Waals surface area contributed by atoms with Crippen molar-refractivity contribution in [3.8, 4) is 11.8 Å². The molecule has 1 aromatic rings. The Morgan fingerprint density at radius 2 is 2.05 bits per heavy atom. The van der Waals surface area contributed by atoms with E-state index in [1.54, 1.807) is 24.3 Å². The summed E-state index contributed by atoms with van der Waals surface area (Å²) in [5.74, 6) is 4.69. The van der Waals surface area contributed by atoms with Gasteiger partial charge in [-0.05, 0) is 12.1 Å². The van der Waals surface area contributed by atoms with Gasteiger partial charge in [-0.1, -0.05) is 24.0 Å². The maximum absolute atomic E-state index is 11.8. The Hall–Kier alpha value is -2.04. The number of halogens is 3. The quantitative estimate of drug-likeness (QED) is 0.825. The third-order valence-electron chi connectivity index (χ3n) is 2.03. The van der Waals surface area contributed by atoms with Crippen molar-refractivity contribution in [3.63, 3.8) is 0 Å². The lowest BCUT2D eigenvalue weighted by molar-refractivity contribution is -0.174. The van der Waals surface area contributed by atoms with Crippen LogP contribution in [0.15, 0.2) is 24.3 Å². The minimum Gasteiger partial charge on any atom is -0.362 e. The van der Waals surface area contributed by atoms with Crippen molar-refractivity contribution in [1.29, 1.82) is 0 Å². The van der Waals surface area contributed by atoms with Crippen LogP contribution in [0, 0.1) is 11.8 Å². The summed E-state index contributed by atoms with van der Waals surface area (Å²) in [7, 11) is 0. The van der Waals surface area contributed by atoms with Crippen molar-refractivity contribution >= 4 is 11.6 Å². The number of ether oxygens (including phenoxy) is 1. The Labute approximate surface area is 114 Å². The van der Waals surface area contributed by atoms with Gasteiger partial charge in [0, 0.05) is 5.56 Å². The van der Waals surface area contributed by atoms with Crippen LogP contribution in [0.2, 0.25) is 0 Å². The van der Waals surface area contributed by atoms with Crippen LogP contribution in [-0.2, 0) is 9.53 Å². The molecule has 0 spiro atoms. The number of rotatable bonds is 4. The van der Waals surface area contributed by atoms with E-state index < -0.39 is 25.3 Å². The number of hydrogen-bond donors (Lipinski definition) is 2. The fraction of sp³-hybridized carbons (Fsp3) is 0.308. The van der Waals surface area contributed by atoms with E-state index in [1.807, 2.05) is 0 Å². The van der Waals surface area contributed by atoms with Crippen LogP contribution in [-0.4, -0.2) is 31.8 Å². The molecule has 1 amide bonds. The van der Waals surface area contributed by atoms with Gasteiger partial charge in [0.05, 0.1) is 12.2 Å². The fourth-order valence-corrected chi connectivity index (χ4v) is 1.29. The van der Waals surface area contributed by atoms with Crippen LogP contribution in [0.3, 0.4) is 0 Å². The maximum Gasteiger partial charge on any atom is 0.411 e. The lowest BCUT2D eigenvalue weighted by Crippen LogP contribution is -2.24. The summed E-state index contributed by atoms with van der Waals surface area (Å²) < 4.78 is 39.8. The summed E-state index contributed by atoms with van der Waals surface area (Å²) in [5.41, 5.74) is 6.17. The molecule has 3 N–H and O–H groups in total. The van der Waals surface area contributed by atoms with Crippen molar-refractivity contribution in [1.82, 2.24) is 0 Å². The number of anilines is 1. The molecule has 0 aliphatic carbocycles. The van der Waals surface area contributed by atoms with E-state index in [0.29, 0.717) is 11.3 Å². The molecule has 20 heavy (non-hydrogen) atoms. The molecule has 7 heteroatoms. The average molecular weight is 286 g/mol. The first-order valence-corrected chi connectivity index (χ1v) is 5.64. The van der Waals surface area contributed by atoms with Gasteiger partial charge in [0.1, 0.15) is 13.2 Å². The standard InChI is InChI=1S/C13H13F3N2O2/c14-13(15,16)9-20-8-12(19)18-11-6-2-1-4-10(11)5-3-7-17/h1-2,4,6H,7-9,17H2,(H,18,19). The van der Waals surface area contributed by atoms with E-state index in [9.17, 15) is 18.0 Å². The molecule has 0 fully saturated rings. The van der Waals surface area contributed by atoms with Crippen LogP contribution in [0.25, 0.3) is 0 Å². The molecule has 0 aliphatic rings. The molecule has 0 saturated heterocycles. The van der Waals surface area contributed by atoms with Crippen LogP contribution < -0.4 is 11.1 Å². The van der Waals surface area contributed by atoms with Crippen LogP contribution >= 0.6 is 0 Å². The highest BCUT2D eigenvalue weighted by molar-refractivity contribution is 5.93. The van der Waals surface area contributed by atoms with Crippen molar-refractivity contribution in [2.24, 2.45) is 5.73 Å². The van der Waals surface area contributed by atoms with E-state index in [2.05, 4.69) is 21.9 Å². The van der Waals surface area contributed by atoms with Crippen molar-refractivity contribution in [2.75, 3.05) is 25.1 Å². The van der Waals surface area contributed by atoms with E-state index in [1.165, 1.54) is 0 Å². The van der Waals surface area contributed by atoms with Gasteiger partial charge < -0.3 is 15.8 Å². The molecule has 4 nitrogen and oxygen atoms in total. The molecule has 1 aromatic carbocycles. The highest BCUT2D eigenvalue weighted by Crippen LogP contribution is 2.15. The first-order valence-electron chi connectivity index (χ1n) is 5.64. The molecule has 0 saturated carbocycles. The van der Waals surface area contributed by atoms with Gasteiger partial charge in [0.15, 0.2) is 0 Å². The van der Waals surface area contributed by atoms with Gasteiger partial charge in [-0.25, -0.2) is 0 Å². The van der Waals surface area contributed by atoms with Crippen LogP contribution in [0.1, 0.15) is 5.56 Å². The zero-order chi connectivity index (χ0) is 15.0. The summed E-state index contributed by atoms with van der Waals surface area (Å²) in [6.45, 7) is -1.98. The predicted molar refractivity (Wildman–Crippen MR) is 67.9 cm³/mol. The van der Waals surface area contributed by atoms with Crippen LogP contribution in [0.4, 0.5) is 18.9 Å². The van der Waals surface area contributed by atoms with Gasteiger partial charge in [-0.15, -0.1) is 0 Å². The topological polar surface area (TPSA) is 64.3 Å². The Balaban J connectivity index is 2.58. The van der Waals surface area contributed by atoms with Crippen molar-refractivity contribution in [2.45, 2.75) is 6.18 Å². The minimum absolute atomic E-state index is 0.164. The first kappa shape index (κ1) is 16.0. The highest BCUT2D eigenvalue weighted by Gasteiger charge is 2.27. The van der Waals surface area contributed by atoms with Crippen molar-refractivity contribution in [3.05, 3.63) is 29.8 Å². The summed E-state index contributed by atoms with van der Waals surface area (Å²) in [6, 6.07) is 6.63. The molecule has 0 aliphatic heterocycles. The molecule has 0 bridgehead atoms. The zero-order valence-corrected chi connectivity index (χ0v) is 10.5. The van der Waals surface area contributed by atoms with E-state index in [4.69, 9.17) is 5.73 Å². The number of nitrogens with one attached hydrogen (secondary N) is 1. The lowest BCUT2D eigenvalue weighted by Gasteiger charge is -2.09. The Kier molecular flexibility index (Phi) is 6.03. The average Bonchev–Trinajstić information content (AvgIpc) is 2.36. The van der Waals surface area contributed by atoms with E-state index in [-0.39, 0.29) is 6.54 Å². The van der Waals surface area contributed by atoms with Gasteiger partial charge in [0.2, 0.25) is 5.91 Å². The molecule has 0 heterocycles. The van der Waals surface area contributed by atoms with Gasteiger partial charge in [-0.2, -0.15) is 13.2 Å². The molecule has 108 valence electrons. The van der Waals surface area contributed by atoms with Crippen molar-refractivity contribution < 1.29 is 22.7 Å². The van der Waals surface area contributed by atoms with Gasteiger partial charge >= 0.3 is 6.18 Å². The van der Waals surface area contributed by atoms with E-state index >= 15 is 0 Å². The van der Waals surface area contributed by atoms with E-state index in [0.717, 1.165) is 0 Å². The number of carbonyl (C=O) groups is 1. The second-order valence-corrected chi connectivity index (χ2v) is 3.71. The predicted octanol–water partition coefficient (Wildman–Crippen LogP) is 1.51. The third kappa shape index (κ3) is 6.22. The Bertz CT molecular complexity index is 518. The first-order chi connectivity index (χ1) is 9.42. The Morgan fingerprint density at radius 1 is 1.35 bits per heavy atom. The number of para-hydroxylation sites is 1. The molecular formula is C13H13F3N2O2. The normalized spacial score (nSPS) is 10.6. The van der Waals surface area contributed by atoms with Gasteiger partial charge in [0.25, 0.3) is 0 Å². The monoisotopic (exact) mass is 286 g/mol. The summed E-state index contributed by atoms with van der Waals surface area (Å²) >= 11 is 0. The smallest absolute Gasteiger partial charge is 0.362 e. The zero-order valence-electron chi connectivity index (χ0n) is 10.5. The molecule has 0 radical (unpaired) electrons. The second-order valence-electron chi connectivity index (χ2n) is 3.71. The fourth-order valence-electron chi connectivity index (χ4n) is 1.29. The number of carbonyl (C=O) groups excluding carboxylic acids is 1. The summed E-state index contributed by atoms with van der Waals surface area (Å²) in [5, 5.41) is 2.43.